The summed E-state index contributed by atoms with van der Waals surface area (Å²) < 4.78 is 0. The Morgan fingerprint density at radius 2 is 2.43 bits per heavy atom. The molecule has 0 rings (SSSR count). The molecule has 0 amide bonds. The third kappa shape index (κ3) is 4.86. The van der Waals surface area contributed by atoms with Gasteiger partial charge in [0, 0.05) is 12.4 Å². The highest BCUT2D eigenvalue weighted by molar-refractivity contribution is 6.14. The fourth-order valence-corrected chi connectivity index (χ4v) is 0.139. The number of rotatable bonds is 2. The highest BCUT2D eigenvalue weighted by atomic mass is 14.7. The van der Waals surface area contributed by atoms with Crippen LogP contribution in [0.15, 0.2) is 23.5 Å². The van der Waals surface area contributed by atoms with Gasteiger partial charge in [-0.25, -0.2) is 0 Å². The van der Waals surface area contributed by atoms with E-state index in [1.165, 1.54) is 12.4 Å². The van der Waals surface area contributed by atoms with E-state index in [2.05, 4.69) is 17.3 Å². The third-order valence-corrected chi connectivity index (χ3v) is 0.326. The monoisotopic (exact) mass is 94.1 g/mol. The topological polar surface area (TPSA) is 36.2 Å². The van der Waals surface area contributed by atoms with Crippen molar-refractivity contribution in [3.05, 3.63) is 18.5 Å². The van der Waals surface area contributed by atoms with Crippen LogP contribution >= 0.6 is 0 Å². The first kappa shape index (κ1) is 5.86. The average molecular weight is 94.1 g/mol. The van der Waals surface area contributed by atoms with Gasteiger partial charge in [0.05, 0.1) is 6.20 Å². The smallest absolute Gasteiger partial charge is 0.0681 e. The molecule has 7 heavy (non-hydrogen) atoms. The van der Waals surface area contributed by atoms with Crippen LogP contribution in [0.4, 0.5) is 0 Å². The van der Waals surface area contributed by atoms with E-state index in [1.807, 2.05) is 0 Å². The van der Waals surface area contributed by atoms with Crippen molar-refractivity contribution in [1.82, 2.24) is 0 Å². The molecule has 0 aliphatic heterocycles. The second kappa shape index (κ2) is 4.86. The maximum atomic E-state index is 6.44. The first-order valence-electron chi connectivity index (χ1n) is 1.78. The zero-order valence-corrected chi connectivity index (χ0v) is 3.89. The minimum Gasteiger partial charge on any atom is -0.307 e. The van der Waals surface area contributed by atoms with Crippen molar-refractivity contribution < 1.29 is 0 Å². The van der Waals surface area contributed by atoms with Crippen LogP contribution < -0.4 is 0 Å². The minimum absolute atomic E-state index is 1.09. The molecule has 0 aromatic rings. The van der Waals surface area contributed by atoms with Gasteiger partial charge in [-0.1, -0.05) is 6.58 Å². The maximum Gasteiger partial charge on any atom is 0.0681 e. The predicted molar refractivity (Wildman–Crippen MR) is 31.0 cm³/mol. The van der Waals surface area contributed by atoms with Crippen molar-refractivity contribution in [1.29, 1.82) is 5.41 Å². The average Bonchev–Trinajstić information content (AvgIpc) is 1.69. The van der Waals surface area contributed by atoms with E-state index in [1.54, 1.807) is 0 Å². The van der Waals surface area contributed by atoms with Gasteiger partial charge in [-0.3, -0.25) is 4.99 Å². The molecule has 1 N–H and O–H groups in total. The Morgan fingerprint density at radius 3 is 2.86 bits per heavy atom. The van der Waals surface area contributed by atoms with Crippen molar-refractivity contribution >= 4 is 12.4 Å². The summed E-state index contributed by atoms with van der Waals surface area (Å²) in [5, 5.41) is 6.44. The molecule has 0 fully saturated rings. The Hall–Kier alpha value is -1.14. The zero-order valence-electron chi connectivity index (χ0n) is 3.89. The molecule has 0 heterocycles. The second-order valence-corrected chi connectivity index (χ2v) is 0.798. The summed E-state index contributed by atoms with van der Waals surface area (Å²) in [5.74, 6) is 0. The first-order valence-corrected chi connectivity index (χ1v) is 1.78. The van der Waals surface area contributed by atoms with E-state index in [-0.39, 0.29) is 0 Å². The van der Waals surface area contributed by atoms with Gasteiger partial charge in [0.15, 0.2) is 0 Å². The molecule has 0 saturated heterocycles. The number of hydrogen-bond acceptors (Lipinski definition) is 2. The lowest BCUT2D eigenvalue weighted by molar-refractivity contribution is 1.57. The molecule has 0 radical (unpaired) electrons. The standard InChI is InChI=1S/C5H6N2/c1-2-4-7-5-3-6/h3-6H,1H2/b6-3?,7-5-. The lowest BCUT2D eigenvalue weighted by Crippen LogP contribution is -1.64. The van der Waals surface area contributed by atoms with Gasteiger partial charge in [-0.15, -0.1) is 5.73 Å². The highest BCUT2D eigenvalue weighted by Crippen LogP contribution is 1.60. The highest BCUT2D eigenvalue weighted by Gasteiger charge is 1.51. The fraction of sp³-hybridized carbons (Fsp3) is 0. The molecule has 0 bridgehead atoms. The first-order chi connectivity index (χ1) is 3.41. The van der Waals surface area contributed by atoms with Crippen LogP contribution in [0.1, 0.15) is 0 Å². The Labute approximate surface area is 42.4 Å². The SMILES string of the molecule is C=C=C/N=C\C=N. The van der Waals surface area contributed by atoms with Crippen LogP contribution in [0.3, 0.4) is 0 Å². The quantitative estimate of drug-likeness (QED) is 0.391. The molecule has 0 saturated carbocycles. The summed E-state index contributed by atoms with van der Waals surface area (Å²) in [4.78, 5) is 3.54. The maximum absolute atomic E-state index is 6.44. The Bertz CT molecular complexity index is 118. The van der Waals surface area contributed by atoms with Crippen molar-refractivity contribution in [2.45, 2.75) is 0 Å². The molecule has 36 valence electrons. The van der Waals surface area contributed by atoms with Crippen molar-refractivity contribution in [2.24, 2.45) is 4.99 Å². The van der Waals surface area contributed by atoms with E-state index in [4.69, 9.17) is 5.41 Å². The molecule has 2 heteroatoms. The summed E-state index contributed by atoms with van der Waals surface area (Å²) in [5.41, 5.74) is 2.43. The molecular formula is C5H6N2. The van der Waals surface area contributed by atoms with Crippen LogP contribution in [0.25, 0.3) is 0 Å². The number of aliphatic imine (C=N–C) groups is 1. The number of hydrogen-bond donors (Lipinski definition) is 1. The van der Waals surface area contributed by atoms with Gasteiger partial charge in [0.2, 0.25) is 0 Å². The normalized spacial score (nSPS) is 8.00. The number of nitrogens with one attached hydrogen (secondary N) is 1. The van der Waals surface area contributed by atoms with E-state index >= 15 is 0 Å². The fourth-order valence-electron chi connectivity index (χ4n) is 0.139. The van der Waals surface area contributed by atoms with Gasteiger partial charge in [-0.2, -0.15) is 0 Å². The van der Waals surface area contributed by atoms with Gasteiger partial charge in [-0.05, 0) is 0 Å². The lowest BCUT2D eigenvalue weighted by atomic mass is 10.8. The van der Waals surface area contributed by atoms with Gasteiger partial charge in [0.1, 0.15) is 0 Å². The van der Waals surface area contributed by atoms with E-state index in [0.29, 0.717) is 0 Å². The molecule has 0 aliphatic rings. The van der Waals surface area contributed by atoms with Crippen LogP contribution in [0.5, 0.6) is 0 Å². The summed E-state index contributed by atoms with van der Waals surface area (Å²) in [6.07, 6.45) is 3.83. The van der Waals surface area contributed by atoms with Gasteiger partial charge >= 0.3 is 0 Å². The molecule has 2 nitrogen and oxygen atoms in total. The lowest BCUT2D eigenvalue weighted by Gasteiger charge is -1.62. The van der Waals surface area contributed by atoms with Gasteiger partial charge in [0.25, 0.3) is 0 Å². The minimum atomic E-state index is 1.09. The molecule has 0 spiro atoms. The van der Waals surface area contributed by atoms with Crippen LogP contribution in [-0.4, -0.2) is 12.4 Å². The molecular weight excluding hydrogens is 88.1 g/mol. The van der Waals surface area contributed by atoms with Gasteiger partial charge < -0.3 is 5.41 Å². The van der Waals surface area contributed by atoms with Crippen LogP contribution in [-0.2, 0) is 0 Å². The summed E-state index contributed by atoms with van der Waals surface area (Å²) in [7, 11) is 0. The molecule has 0 unspecified atom stereocenters. The Balaban J connectivity index is 3.47. The second-order valence-electron chi connectivity index (χ2n) is 0.798. The Kier molecular flexibility index (Phi) is 4.07. The molecule has 0 atom stereocenters. The van der Waals surface area contributed by atoms with Crippen molar-refractivity contribution in [2.75, 3.05) is 0 Å². The third-order valence-electron chi connectivity index (χ3n) is 0.326. The van der Waals surface area contributed by atoms with Crippen molar-refractivity contribution in [3.8, 4) is 0 Å². The molecule has 0 aromatic carbocycles. The van der Waals surface area contributed by atoms with E-state index in [0.717, 1.165) is 6.21 Å². The summed E-state index contributed by atoms with van der Waals surface area (Å²) >= 11 is 0. The van der Waals surface area contributed by atoms with E-state index < -0.39 is 0 Å². The van der Waals surface area contributed by atoms with Crippen molar-refractivity contribution in [3.63, 3.8) is 0 Å². The number of nitrogens with zero attached hydrogens (tertiary/aromatic N) is 1. The largest absolute Gasteiger partial charge is 0.307 e. The van der Waals surface area contributed by atoms with E-state index in [9.17, 15) is 0 Å². The Morgan fingerprint density at radius 1 is 1.71 bits per heavy atom. The zero-order chi connectivity index (χ0) is 5.54. The van der Waals surface area contributed by atoms with Crippen LogP contribution in [0.2, 0.25) is 0 Å². The summed E-state index contributed by atoms with van der Waals surface area (Å²) in [6.45, 7) is 3.26. The predicted octanol–water partition coefficient (Wildman–Crippen LogP) is 1.01. The van der Waals surface area contributed by atoms with Crippen LogP contribution in [0, 0.1) is 5.41 Å². The molecule has 0 aromatic heterocycles. The molecule has 0 aliphatic carbocycles. The summed E-state index contributed by atoms with van der Waals surface area (Å²) in [6, 6.07) is 0.